The highest BCUT2D eigenvalue weighted by Gasteiger charge is 2.21. The van der Waals surface area contributed by atoms with Gasteiger partial charge in [0, 0.05) is 52.0 Å². The molecule has 1 aromatic carbocycles. The molecule has 1 N–H and O–H groups in total. The van der Waals surface area contributed by atoms with Gasteiger partial charge in [0.15, 0.2) is 0 Å². The number of benzene rings is 1. The number of anilines is 2. The zero-order valence-electron chi connectivity index (χ0n) is 10.7. The van der Waals surface area contributed by atoms with Gasteiger partial charge >= 0.3 is 0 Å². The molecule has 0 aromatic heterocycles. The second kappa shape index (κ2) is 5.22. The first-order chi connectivity index (χ1) is 8.59. The molecule has 1 fully saturated rings. The summed E-state index contributed by atoms with van der Waals surface area (Å²) in [7, 11) is 3.76. The van der Waals surface area contributed by atoms with Crippen LogP contribution in [0.3, 0.4) is 0 Å². The van der Waals surface area contributed by atoms with Gasteiger partial charge in [0.25, 0.3) is 5.69 Å². The summed E-state index contributed by atoms with van der Waals surface area (Å²) in [6, 6.07) is 5.40. The number of hydrogen-bond donors (Lipinski definition) is 1. The Morgan fingerprint density at radius 1 is 1.33 bits per heavy atom. The molecule has 6 heteroatoms. The molecule has 1 saturated heterocycles. The number of nitro groups is 1. The van der Waals surface area contributed by atoms with Gasteiger partial charge in [-0.25, -0.2) is 0 Å². The number of piperazine rings is 1. The Bertz CT molecular complexity index is 442. The average Bonchev–Trinajstić information content (AvgIpc) is 2.39. The van der Waals surface area contributed by atoms with E-state index in [1.54, 1.807) is 6.07 Å². The molecule has 18 heavy (non-hydrogen) atoms. The molecule has 0 spiro atoms. The largest absolute Gasteiger partial charge is 0.377 e. The average molecular weight is 250 g/mol. The first kappa shape index (κ1) is 12.6. The maximum Gasteiger partial charge on any atom is 0.294 e. The van der Waals surface area contributed by atoms with Gasteiger partial charge in [0.05, 0.1) is 4.92 Å². The maximum atomic E-state index is 11.2. The Labute approximate surface area is 106 Å². The third kappa shape index (κ3) is 2.53. The van der Waals surface area contributed by atoms with Gasteiger partial charge in [-0.1, -0.05) is 0 Å². The fraction of sp³-hybridized carbons (Fsp3) is 0.500. The van der Waals surface area contributed by atoms with Crippen LogP contribution in [-0.4, -0.2) is 45.2 Å². The zero-order valence-corrected chi connectivity index (χ0v) is 10.7. The molecule has 0 radical (unpaired) electrons. The van der Waals surface area contributed by atoms with Crippen molar-refractivity contribution in [3.05, 3.63) is 28.3 Å². The lowest BCUT2D eigenvalue weighted by Gasteiger charge is -2.29. The number of nitro benzene ring substituents is 1. The molecule has 1 aliphatic rings. The molecule has 1 aromatic rings. The maximum absolute atomic E-state index is 11.2. The van der Waals surface area contributed by atoms with Crippen molar-refractivity contribution in [1.82, 2.24) is 5.32 Å². The van der Waals surface area contributed by atoms with Crippen LogP contribution in [0.15, 0.2) is 18.2 Å². The smallest absolute Gasteiger partial charge is 0.294 e. The van der Waals surface area contributed by atoms with Crippen LogP contribution in [0.25, 0.3) is 0 Å². The van der Waals surface area contributed by atoms with E-state index in [1.165, 1.54) is 0 Å². The Hall–Kier alpha value is -1.82. The molecule has 0 bridgehead atoms. The van der Waals surface area contributed by atoms with Crippen molar-refractivity contribution in [3.63, 3.8) is 0 Å². The predicted molar refractivity (Wildman–Crippen MR) is 72.5 cm³/mol. The van der Waals surface area contributed by atoms with E-state index < -0.39 is 0 Å². The fourth-order valence-electron chi connectivity index (χ4n) is 2.11. The first-order valence-electron chi connectivity index (χ1n) is 6.01. The Balaban J connectivity index is 2.36. The van der Waals surface area contributed by atoms with Gasteiger partial charge in [-0.15, -0.1) is 0 Å². The first-order valence-corrected chi connectivity index (χ1v) is 6.01. The molecule has 0 saturated carbocycles. The molecule has 2 rings (SSSR count). The van der Waals surface area contributed by atoms with Crippen LogP contribution < -0.4 is 15.1 Å². The molecule has 98 valence electrons. The number of nitrogens with one attached hydrogen (secondary N) is 1. The SMILES string of the molecule is CN(C)c1ccc(N2CCNCC2)c([N+](=O)[O-])c1. The van der Waals surface area contributed by atoms with Gasteiger partial charge in [-0.3, -0.25) is 10.1 Å². The summed E-state index contributed by atoms with van der Waals surface area (Å²) in [5.41, 5.74) is 1.75. The molecular formula is C12H18N4O2. The highest BCUT2D eigenvalue weighted by atomic mass is 16.6. The number of hydrogen-bond acceptors (Lipinski definition) is 5. The van der Waals surface area contributed by atoms with Crippen LogP contribution in [-0.2, 0) is 0 Å². The van der Waals surface area contributed by atoms with Crippen molar-refractivity contribution in [2.45, 2.75) is 0 Å². The van der Waals surface area contributed by atoms with Gasteiger partial charge in [-0.2, -0.15) is 0 Å². The Morgan fingerprint density at radius 3 is 2.56 bits per heavy atom. The summed E-state index contributed by atoms with van der Waals surface area (Å²) >= 11 is 0. The monoisotopic (exact) mass is 250 g/mol. The predicted octanol–water partition coefficient (Wildman–Crippen LogP) is 1.07. The second-order valence-corrected chi connectivity index (χ2v) is 4.56. The zero-order chi connectivity index (χ0) is 13.1. The van der Waals surface area contributed by atoms with Crippen LogP contribution in [0, 0.1) is 10.1 Å². The molecule has 6 nitrogen and oxygen atoms in total. The third-order valence-electron chi connectivity index (χ3n) is 3.13. The quantitative estimate of drug-likeness (QED) is 0.642. The van der Waals surface area contributed by atoms with Gasteiger partial charge in [0.1, 0.15) is 5.69 Å². The highest BCUT2D eigenvalue weighted by Crippen LogP contribution is 2.32. The van der Waals surface area contributed by atoms with Crippen molar-refractivity contribution < 1.29 is 4.92 Å². The summed E-state index contributed by atoms with van der Waals surface area (Å²) in [5, 5.41) is 14.4. The minimum Gasteiger partial charge on any atom is -0.377 e. The summed E-state index contributed by atoms with van der Waals surface area (Å²) in [5.74, 6) is 0. The van der Waals surface area contributed by atoms with Crippen LogP contribution in [0.5, 0.6) is 0 Å². The Kier molecular flexibility index (Phi) is 3.66. The van der Waals surface area contributed by atoms with E-state index in [0.717, 1.165) is 31.9 Å². The minimum absolute atomic E-state index is 0.183. The van der Waals surface area contributed by atoms with Crippen molar-refractivity contribution in [1.29, 1.82) is 0 Å². The van der Waals surface area contributed by atoms with E-state index in [1.807, 2.05) is 31.1 Å². The van der Waals surface area contributed by atoms with Crippen molar-refractivity contribution in [2.75, 3.05) is 50.1 Å². The number of nitrogens with zero attached hydrogens (tertiary/aromatic N) is 3. The molecule has 0 unspecified atom stereocenters. The van der Waals surface area contributed by atoms with Crippen LogP contribution in [0.1, 0.15) is 0 Å². The topological polar surface area (TPSA) is 61.6 Å². The molecule has 0 amide bonds. The van der Waals surface area contributed by atoms with Gasteiger partial charge in [-0.05, 0) is 12.1 Å². The normalized spacial score (nSPS) is 15.6. The minimum atomic E-state index is -0.301. The molecule has 1 aliphatic heterocycles. The lowest BCUT2D eigenvalue weighted by Crippen LogP contribution is -2.43. The summed E-state index contributed by atoms with van der Waals surface area (Å²) in [6.45, 7) is 3.35. The number of rotatable bonds is 3. The van der Waals surface area contributed by atoms with Crippen LogP contribution in [0.2, 0.25) is 0 Å². The van der Waals surface area contributed by atoms with Crippen molar-refractivity contribution in [2.24, 2.45) is 0 Å². The molecule has 0 aliphatic carbocycles. The van der Waals surface area contributed by atoms with E-state index in [0.29, 0.717) is 5.69 Å². The second-order valence-electron chi connectivity index (χ2n) is 4.56. The van der Waals surface area contributed by atoms with Crippen LogP contribution in [0.4, 0.5) is 17.1 Å². The van der Waals surface area contributed by atoms with E-state index >= 15 is 0 Å². The van der Waals surface area contributed by atoms with Crippen molar-refractivity contribution >= 4 is 17.1 Å². The van der Waals surface area contributed by atoms with Gasteiger partial charge in [0.2, 0.25) is 0 Å². The highest BCUT2D eigenvalue weighted by molar-refractivity contribution is 5.69. The lowest BCUT2D eigenvalue weighted by molar-refractivity contribution is -0.384. The molecular weight excluding hydrogens is 232 g/mol. The fourth-order valence-corrected chi connectivity index (χ4v) is 2.11. The van der Waals surface area contributed by atoms with E-state index in [-0.39, 0.29) is 10.6 Å². The van der Waals surface area contributed by atoms with Crippen molar-refractivity contribution in [3.8, 4) is 0 Å². The molecule has 1 heterocycles. The summed E-state index contributed by atoms with van der Waals surface area (Å²) < 4.78 is 0. The van der Waals surface area contributed by atoms with Crippen LogP contribution >= 0.6 is 0 Å². The van der Waals surface area contributed by atoms with E-state index in [9.17, 15) is 10.1 Å². The summed E-state index contributed by atoms with van der Waals surface area (Å²) in [6.07, 6.45) is 0. The molecule has 0 atom stereocenters. The Morgan fingerprint density at radius 2 is 2.00 bits per heavy atom. The summed E-state index contributed by atoms with van der Waals surface area (Å²) in [4.78, 5) is 14.8. The van der Waals surface area contributed by atoms with E-state index in [4.69, 9.17) is 0 Å². The van der Waals surface area contributed by atoms with Gasteiger partial charge < -0.3 is 15.1 Å². The lowest BCUT2D eigenvalue weighted by atomic mass is 10.2. The van der Waals surface area contributed by atoms with E-state index in [2.05, 4.69) is 10.2 Å². The standard InChI is InChI=1S/C12H18N4O2/c1-14(2)10-3-4-11(12(9-10)16(17)18)15-7-5-13-6-8-15/h3-4,9,13H,5-8H2,1-2H3. The third-order valence-corrected chi connectivity index (χ3v) is 3.13.